The predicted molar refractivity (Wildman–Crippen MR) is 94.6 cm³/mol. The highest BCUT2D eigenvalue weighted by molar-refractivity contribution is 6.20. The molecule has 25 heavy (non-hydrogen) atoms. The zero-order valence-electron chi connectivity index (χ0n) is 13.8. The summed E-state index contributed by atoms with van der Waals surface area (Å²) >= 11 is 0. The fourth-order valence-corrected chi connectivity index (χ4v) is 3.28. The minimum atomic E-state index is -1.36. The van der Waals surface area contributed by atoms with Crippen molar-refractivity contribution in [1.29, 1.82) is 0 Å². The molecule has 0 bridgehead atoms. The molecule has 0 radical (unpaired) electrons. The summed E-state index contributed by atoms with van der Waals surface area (Å²) < 4.78 is 5.18. The number of ether oxygens (including phenoxy) is 1. The van der Waals surface area contributed by atoms with Crippen molar-refractivity contribution in [2.24, 2.45) is 5.73 Å². The van der Waals surface area contributed by atoms with Gasteiger partial charge in [0, 0.05) is 11.3 Å². The number of methoxy groups -OCH3 is 1. The van der Waals surface area contributed by atoms with E-state index in [0.29, 0.717) is 11.3 Å². The summed E-state index contributed by atoms with van der Waals surface area (Å²) in [5, 5.41) is 9.48. The molecule has 4 rings (SSSR count). The van der Waals surface area contributed by atoms with Gasteiger partial charge in [0.1, 0.15) is 11.9 Å². The number of benzene rings is 2. The Morgan fingerprint density at radius 1 is 1.12 bits per heavy atom. The smallest absolute Gasteiger partial charge is 0.244 e. The zero-order chi connectivity index (χ0) is 17.8. The first kappa shape index (κ1) is 15.3. The van der Waals surface area contributed by atoms with Crippen LogP contribution in [-0.2, 0) is 15.0 Å². The van der Waals surface area contributed by atoms with Crippen LogP contribution >= 0.6 is 0 Å². The average Bonchev–Trinajstić information content (AvgIpc) is 3.13. The fraction of sp³-hybridized carbons (Fsp3) is 0.222. The molecule has 0 aliphatic carbocycles. The lowest BCUT2D eigenvalue weighted by atomic mass is 9.83. The molecule has 0 spiro atoms. The van der Waals surface area contributed by atoms with Gasteiger partial charge in [0.15, 0.2) is 5.41 Å². The van der Waals surface area contributed by atoms with E-state index in [1.807, 2.05) is 36.4 Å². The van der Waals surface area contributed by atoms with Crippen LogP contribution in [0.3, 0.4) is 0 Å². The van der Waals surface area contributed by atoms with Crippen molar-refractivity contribution in [3.8, 4) is 5.75 Å². The molecule has 5 N–H and O–H groups in total. The van der Waals surface area contributed by atoms with Crippen LogP contribution < -0.4 is 26.4 Å². The van der Waals surface area contributed by atoms with E-state index in [-0.39, 0.29) is 6.17 Å². The number of carbonyl (C=O) groups excluding carboxylic acids is 2. The third-order valence-corrected chi connectivity index (χ3v) is 4.94. The molecule has 128 valence electrons. The van der Waals surface area contributed by atoms with Gasteiger partial charge < -0.3 is 26.4 Å². The maximum Gasteiger partial charge on any atom is 0.244 e. The Morgan fingerprint density at radius 2 is 1.76 bits per heavy atom. The Labute approximate surface area is 144 Å². The standard InChI is InChI=1S/C18H18N4O3/c1-18(16(19)23)11-7-13-14(8-12(11)22-17(18)24)21-15(20-13)9-3-5-10(25-2)6-4-9/h3-8,15,20-21H,1-2H3,(H2,19,23)(H,22,24). The minimum Gasteiger partial charge on any atom is -0.497 e. The van der Waals surface area contributed by atoms with Crippen LogP contribution in [0.15, 0.2) is 36.4 Å². The summed E-state index contributed by atoms with van der Waals surface area (Å²) in [6, 6.07) is 11.4. The number of hydrogen-bond donors (Lipinski definition) is 4. The van der Waals surface area contributed by atoms with E-state index >= 15 is 0 Å². The van der Waals surface area contributed by atoms with Crippen molar-refractivity contribution in [1.82, 2.24) is 0 Å². The van der Waals surface area contributed by atoms with E-state index in [1.54, 1.807) is 14.0 Å². The molecule has 2 unspecified atom stereocenters. The molecule has 0 fully saturated rings. The van der Waals surface area contributed by atoms with Gasteiger partial charge in [-0.15, -0.1) is 0 Å². The minimum absolute atomic E-state index is 0.112. The number of primary amides is 1. The van der Waals surface area contributed by atoms with Crippen LogP contribution in [0.25, 0.3) is 0 Å². The molecule has 7 heteroatoms. The van der Waals surface area contributed by atoms with Crippen LogP contribution in [0.1, 0.15) is 24.2 Å². The van der Waals surface area contributed by atoms with E-state index in [4.69, 9.17) is 10.5 Å². The molecule has 2 aromatic carbocycles. The van der Waals surface area contributed by atoms with Gasteiger partial charge in [-0.25, -0.2) is 0 Å². The summed E-state index contributed by atoms with van der Waals surface area (Å²) in [6.07, 6.45) is -0.112. The Morgan fingerprint density at radius 3 is 2.36 bits per heavy atom. The second-order valence-corrected chi connectivity index (χ2v) is 6.38. The van der Waals surface area contributed by atoms with Crippen LogP contribution in [0.5, 0.6) is 5.75 Å². The highest BCUT2D eigenvalue weighted by Gasteiger charge is 2.48. The third kappa shape index (κ3) is 2.12. The molecule has 2 aliphatic heterocycles. The van der Waals surface area contributed by atoms with E-state index in [9.17, 15) is 9.59 Å². The molecule has 2 atom stereocenters. The SMILES string of the molecule is COc1ccc(C2Nc3cc4c(cc3N2)C(C)(C(N)=O)C(=O)N4)cc1. The van der Waals surface area contributed by atoms with Crippen LogP contribution in [0.2, 0.25) is 0 Å². The monoisotopic (exact) mass is 338 g/mol. The lowest BCUT2D eigenvalue weighted by Crippen LogP contribution is -2.44. The average molecular weight is 338 g/mol. The number of fused-ring (bicyclic) bond motifs is 2. The highest BCUT2D eigenvalue weighted by Crippen LogP contribution is 2.45. The van der Waals surface area contributed by atoms with Crippen LogP contribution in [0, 0.1) is 0 Å². The lowest BCUT2D eigenvalue weighted by Gasteiger charge is -2.18. The molecule has 0 aromatic heterocycles. The predicted octanol–water partition coefficient (Wildman–Crippen LogP) is 1.93. The second kappa shape index (κ2) is 5.14. The lowest BCUT2D eigenvalue weighted by molar-refractivity contribution is -0.131. The molecule has 0 saturated heterocycles. The fourth-order valence-electron chi connectivity index (χ4n) is 3.28. The van der Waals surface area contributed by atoms with Crippen molar-refractivity contribution in [3.63, 3.8) is 0 Å². The largest absolute Gasteiger partial charge is 0.497 e. The van der Waals surface area contributed by atoms with Gasteiger partial charge in [-0.05, 0) is 36.8 Å². The molecule has 0 saturated carbocycles. The number of carbonyl (C=O) groups is 2. The second-order valence-electron chi connectivity index (χ2n) is 6.38. The van der Waals surface area contributed by atoms with Crippen molar-refractivity contribution >= 4 is 28.9 Å². The quantitative estimate of drug-likeness (QED) is 0.640. The van der Waals surface area contributed by atoms with E-state index < -0.39 is 17.2 Å². The molecule has 7 nitrogen and oxygen atoms in total. The Kier molecular flexibility index (Phi) is 3.15. The number of rotatable bonds is 3. The molecule has 2 aromatic rings. The first-order valence-corrected chi connectivity index (χ1v) is 7.90. The van der Waals surface area contributed by atoms with E-state index in [0.717, 1.165) is 22.7 Å². The molecule has 2 aliphatic rings. The Bertz CT molecular complexity index is 894. The molecule has 2 heterocycles. The number of amides is 2. The van der Waals surface area contributed by atoms with E-state index in [2.05, 4.69) is 16.0 Å². The van der Waals surface area contributed by atoms with Crippen molar-refractivity contribution in [2.45, 2.75) is 18.5 Å². The van der Waals surface area contributed by atoms with Crippen molar-refractivity contribution < 1.29 is 14.3 Å². The van der Waals surface area contributed by atoms with Gasteiger partial charge in [0.05, 0.1) is 18.5 Å². The molecular weight excluding hydrogens is 320 g/mol. The number of nitrogens with one attached hydrogen (secondary N) is 3. The maximum absolute atomic E-state index is 12.2. The van der Waals surface area contributed by atoms with Crippen molar-refractivity contribution in [3.05, 3.63) is 47.5 Å². The van der Waals surface area contributed by atoms with Crippen LogP contribution in [-0.4, -0.2) is 18.9 Å². The Hall–Kier alpha value is -3.22. The molecular formula is C18H18N4O3. The van der Waals surface area contributed by atoms with Gasteiger partial charge in [-0.3, -0.25) is 9.59 Å². The first-order valence-electron chi connectivity index (χ1n) is 7.90. The zero-order valence-corrected chi connectivity index (χ0v) is 13.8. The Balaban J connectivity index is 1.68. The van der Waals surface area contributed by atoms with Gasteiger partial charge in [-0.2, -0.15) is 0 Å². The highest BCUT2D eigenvalue weighted by atomic mass is 16.5. The molecule has 2 amide bonds. The first-order chi connectivity index (χ1) is 11.9. The van der Waals surface area contributed by atoms with Gasteiger partial charge in [0.25, 0.3) is 0 Å². The van der Waals surface area contributed by atoms with E-state index in [1.165, 1.54) is 0 Å². The normalized spacial score (nSPS) is 23.1. The summed E-state index contributed by atoms with van der Waals surface area (Å²) in [5.74, 6) is -0.273. The third-order valence-electron chi connectivity index (χ3n) is 4.94. The summed E-state index contributed by atoms with van der Waals surface area (Å²) in [4.78, 5) is 24.1. The number of hydrogen-bond acceptors (Lipinski definition) is 5. The van der Waals surface area contributed by atoms with Gasteiger partial charge >= 0.3 is 0 Å². The van der Waals surface area contributed by atoms with Gasteiger partial charge in [-0.1, -0.05) is 12.1 Å². The van der Waals surface area contributed by atoms with Crippen LogP contribution in [0.4, 0.5) is 17.1 Å². The summed E-state index contributed by atoms with van der Waals surface area (Å²) in [5.41, 5.74) is 8.04. The maximum atomic E-state index is 12.2. The van der Waals surface area contributed by atoms with Gasteiger partial charge in [0.2, 0.25) is 11.8 Å². The number of nitrogens with two attached hydrogens (primary N) is 1. The number of anilines is 3. The summed E-state index contributed by atoms with van der Waals surface area (Å²) in [7, 11) is 1.63. The topological polar surface area (TPSA) is 105 Å². The summed E-state index contributed by atoms with van der Waals surface area (Å²) in [6.45, 7) is 1.55. The van der Waals surface area contributed by atoms with Crippen molar-refractivity contribution in [2.75, 3.05) is 23.1 Å².